The van der Waals surface area contributed by atoms with Gasteiger partial charge in [0.05, 0.1) is 4.92 Å². The van der Waals surface area contributed by atoms with E-state index in [2.05, 4.69) is 4.84 Å². The number of nitro benzene ring substituents is 1. The minimum atomic E-state index is -0.776. The van der Waals surface area contributed by atoms with Gasteiger partial charge in [-0.25, -0.2) is 5.48 Å². The summed E-state index contributed by atoms with van der Waals surface area (Å²) in [5, 5.41) is 10.6. The molecule has 1 rings (SSSR count). The fourth-order valence-corrected chi connectivity index (χ4v) is 1.27. The van der Waals surface area contributed by atoms with Crippen LogP contribution in [0.15, 0.2) is 18.2 Å². The van der Waals surface area contributed by atoms with E-state index in [4.69, 9.17) is 17.3 Å². The van der Waals surface area contributed by atoms with E-state index < -0.39 is 23.3 Å². The molecule has 96 valence electrons. The molecule has 0 spiro atoms. The minimum Gasteiger partial charge on any atom is -0.368 e. The first-order valence-electron chi connectivity index (χ1n) is 4.55. The number of rotatable bonds is 5. The van der Waals surface area contributed by atoms with E-state index in [9.17, 15) is 19.7 Å². The van der Waals surface area contributed by atoms with Crippen LogP contribution in [0.4, 0.5) is 5.69 Å². The molecular formula is C9H8ClN3O5. The van der Waals surface area contributed by atoms with Crippen molar-refractivity contribution in [2.24, 2.45) is 5.73 Å². The molecule has 8 nitrogen and oxygen atoms in total. The lowest BCUT2D eigenvalue weighted by atomic mass is 10.2. The lowest BCUT2D eigenvalue weighted by molar-refractivity contribution is -0.384. The largest absolute Gasteiger partial charge is 0.368 e. The summed E-state index contributed by atoms with van der Waals surface area (Å²) in [6.07, 6.45) is 0. The van der Waals surface area contributed by atoms with Gasteiger partial charge in [-0.15, -0.1) is 0 Å². The predicted octanol–water partition coefficient (Wildman–Crippen LogP) is 0.395. The van der Waals surface area contributed by atoms with Crippen LogP contribution in [0, 0.1) is 10.1 Å². The Balaban J connectivity index is 2.79. The SMILES string of the molecule is NC(=O)CONC(=O)c1cc(Cl)cc([N+](=O)[O-])c1. The number of hydrogen-bond acceptors (Lipinski definition) is 5. The van der Waals surface area contributed by atoms with Crippen molar-refractivity contribution in [1.82, 2.24) is 5.48 Å². The molecular weight excluding hydrogens is 266 g/mol. The number of hydroxylamine groups is 1. The number of carbonyl (C=O) groups is 2. The summed E-state index contributed by atoms with van der Waals surface area (Å²) in [7, 11) is 0. The van der Waals surface area contributed by atoms with Gasteiger partial charge in [0.25, 0.3) is 11.6 Å². The number of nitrogens with zero attached hydrogens (tertiary/aromatic N) is 1. The van der Waals surface area contributed by atoms with Crippen molar-refractivity contribution in [2.45, 2.75) is 0 Å². The van der Waals surface area contributed by atoms with Crippen LogP contribution in [0.25, 0.3) is 0 Å². The zero-order valence-electron chi connectivity index (χ0n) is 8.88. The van der Waals surface area contributed by atoms with E-state index in [-0.39, 0.29) is 16.3 Å². The molecule has 0 saturated carbocycles. The van der Waals surface area contributed by atoms with Crippen molar-refractivity contribution in [3.8, 4) is 0 Å². The Morgan fingerprint density at radius 2 is 2.11 bits per heavy atom. The molecule has 0 unspecified atom stereocenters. The van der Waals surface area contributed by atoms with E-state index in [1.807, 2.05) is 5.48 Å². The molecule has 0 aliphatic heterocycles. The van der Waals surface area contributed by atoms with Crippen LogP contribution in [0.3, 0.4) is 0 Å². The van der Waals surface area contributed by atoms with Crippen molar-refractivity contribution in [3.63, 3.8) is 0 Å². The standard InChI is InChI=1S/C9H8ClN3O5/c10-6-1-5(2-7(3-6)13(16)17)9(15)12-18-4-8(11)14/h1-3H,4H2,(H2,11,14)(H,12,15). The topological polar surface area (TPSA) is 125 Å². The number of non-ortho nitro benzene ring substituents is 1. The maximum Gasteiger partial charge on any atom is 0.275 e. The van der Waals surface area contributed by atoms with Crippen LogP contribution < -0.4 is 11.2 Å². The number of carbonyl (C=O) groups excluding carboxylic acids is 2. The zero-order chi connectivity index (χ0) is 13.7. The molecule has 1 aromatic carbocycles. The number of benzene rings is 1. The average Bonchev–Trinajstić information content (AvgIpc) is 2.27. The second-order valence-electron chi connectivity index (χ2n) is 3.14. The number of nitro groups is 1. The van der Waals surface area contributed by atoms with E-state index in [0.29, 0.717) is 0 Å². The Labute approximate surface area is 106 Å². The number of hydrogen-bond donors (Lipinski definition) is 2. The molecule has 2 amide bonds. The molecule has 0 fully saturated rings. The Bertz CT molecular complexity index is 505. The second kappa shape index (κ2) is 5.94. The summed E-state index contributed by atoms with van der Waals surface area (Å²) in [4.78, 5) is 36.2. The molecule has 0 radical (unpaired) electrons. The summed E-state index contributed by atoms with van der Waals surface area (Å²) >= 11 is 5.62. The molecule has 0 aliphatic carbocycles. The predicted molar refractivity (Wildman–Crippen MR) is 60.7 cm³/mol. The van der Waals surface area contributed by atoms with Gasteiger partial charge in [-0.05, 0) is 6.07 Å². The molecule has 0 bridgehead atoms. The maximum absolute atomic E-state index is 11.5. The third-order valence-electron chi connectivity index (χ3n) is 1.73. The summed E-state index contributed by atoms with van der Waals surface area (Å²) in [6.45, 7) is -0.506. The quantitative estimate of drug-likeness (QED) is 0.593. The molecule has 0 saturated heterocycles. The van der Waals surface area contributed by atoms with Gasteiger partial charge in [-0.2, -0.15) is 0 Å². The van der Waals surface area contributed by atoms with Crippen LogP contribution in [-0.2, 0) is 9.63 Å². The van der Waals surface area contributed by atoms with E-state index in [1.165, 1.54) is 6.07 Å². The summed E-state index contributed by atoms with van der Waals surface area (Å²) in [5.41, 5.74) is 6.28. The van der Waals surface area contributed by atoms with Gasteiger partial charge >= 0.3 is 0 Å². The van der Waals surface area contributed by atoms with E-state index >= 15 is 0 Å². The van der Waals surface area contributed by atoms with Crippen molar-refractivity contribution < 1.29 is 19.3 Å². The van der Waals surface area contributed by atoms with Gasteiger partial charge < -0.3 is 5.73 Å². The summed E-state index contributed by atoms with van der Waals surface area (Å²) in [5.74, 6) is -1.55. The molecule has 1 aromatic rings. The average molecular weight is 274 g/mol. The first kappa shape index (κ1) is 13.9. The van der Waals surface area contributed by atoms with Crippen molar-refractivity contribution in [2.75, 3.05) is 6.61 Å². The highest BCUT2D eigenvalue weighted by Gasteiger charge is 2.14. The van der Waals surface area contributed by atoms with Gasteiger partial charge in [-0.3, -0.25) is 24.5 Å². The van der Waals surface area contributed by atoms with Gasteiger partial charge in [0.1, 0.15) is 0 Å². The van der Waals surface area contributed by atoms with Gasteiger partial charge in [0.2, 0.25) is 5.91 Å². The lowest BCUT2D eigenvalue weighted by Gasteiger charge is -2.04. The highest BCUT2D eigenvalue weighted by Crippen LogP contribution is 2.20. The van der Waals surface area contributed by atoms with Crippen molar-refractivity contribution >= 4 is 29.1 Å². The smallest absolute Gasteiger partial charge is 0.275 e. The first-order valence-corrected chi connectivity index (χ1v) is 4.93. The van der Waals surface area contributed by atoms with Crippen LogP contribution in [-0.4, -0.2) is 23.3 Å². The van der Waals surface area contributed by atoms with Gasteiger partial charge in [0.15, 0.2) is 6.61 Å². The molecule has 0 heterocycles. The van der Waals surface area contributed by atoms with Crippen molar-refractivity contribution in [1.29, 1.82) is 0 Å². The van der Waals surface area contributed by atoms with E-state index in [0.717, 1.165) is 12.1 Å². The van der Waals surface area contributed by atoms with E-state index in [1.54, 1.807) is 0 Å². The Hall–Kier alpha value is -2.19. The summed E-state index contributed by atoms with van der Waals surface area (Å²) in [6, 6.07) is 3.34. The van der Waals surface area contributed by atoms with Crippen LogP contribution in [0.2, 0.25) is 5.02 Å². The molecule has 18 heavy (non-hydrogen) atoms. The number of amides is 2. The molecule has 0 aromatic heterocycles. The van der Waals surface area contributed by atoms with Gasteiger partial charge in [-0.1, -0.05) is 11.6 Å². The number of primary amides is 1. The van der Waals surface area contributed by atoms with Gasteiger partial charge in [0, 0.05) is 22.7 Å². The van der Waals surface area contributed by atoms with Crippen LogP contribution in [0.1, 0.15) is 10.4 Å². The molecule has 0 atom stereocenters. The third-order valence-corrected chi connectivity index (χ3v) is 1.95. The Kier molecular flexibility index (Phi) is 4.58. The fourth-order valence-electron chi connectivity index (χ4n) is 1.04. The maximum atomic E-state index is 11.5. The van der Waals surface area contributed by atoms with Crippen molar-refractivity contribution in [3.05, 3.63) is 38.9 Å². The Morgan fingerprint density at radius 1 is 1.44 bits per heavy atom. The highest BCUT2D eigenvalue weighted by atomic mass is 35.5. The first-order chi connectivity index (χ1) is 8.40. The highest BCUT2D eigenvalue weighted by molar-refractivity contribution is 6.31. The monoisotopic (exact) mass is 273 g/mol. The third kappa shape index (κ3) is 4.00. The number of nitrogens with two attached hydrogens (primary N) is 1. The van der Waals surface area contributed by atoms with Crippen LogP contribution in [0.5, 0.6) is 0 Å². The molecule has 9 heteroatoms. The number of halogens is 1. The normalized spacial score (nSPS) is 9.83. The Morgan fingerprint density at radius 3 is 2.67 bits per heavy atom. The molecule has 3 N–H and O–H groups in total. The fraction of sp³-hybridized carbons (Fsp3) is 0.111. The second-order valence-corrected chi connectivity index (χ2v) is 3.58. The van der Waals surface area contributed by atoms with Crippen LogP contribution >= 0.6 is 11.6 Å². The minimum absolute atomic E-state index is 0.0317. The lowest BCUT2D eigenvalue weighted by Crippen LogP contribution is -2.29. The molecule has 0 aliphatic rings. The number of nitrogens with one attached hydrogen (secondary N) is 1. The summed E-state index contributed by atoms with van der Waals surface area (Å²) < 4.78 is 0. The zero-order valence-corrected chi connectivity index (χ0v) is 9.64.